The van der Waals surface area contributed by atoms with Gasteiger partial charge in [0.25, 0.3) is 0 Å². The number of nitrogens with zero attached hydrogens (tertiary/aromatic N) is 1. The zero-order valence-corrected chi connectivity index (χ0v) is 12.1. The van der Waals surface area contributed by atoms with Crippen LogP contribution in [0.1, 0.15) is 62.0 Å². The van der Waals surface area contributed by atoms with Gasteiger partial charge in [0.2, 0.25) is 0 Å². The molecule has 1 aromatic heterocycles. The van der Waals surface area contributed by atoms with E-state index in [0.717, 1.165) is 32.1 Å². The predicted molar refractivity (Wildman–Crippen MR) is 75.7 cm³/mol. The molecule has 1 rings (SSSR count). The van der Waals surface area contributed by atoms with Crippen LogP contribution in [0.25, 0.3) is 0 Å². The highest BCUT2D eigenvalue weighted by Crippen LogP contribution is 2.26. The van der Waals surface area contributed by atoms with Crippen molar-refractivity contribution in [3.63, 3.8) is 0 Å². The second kappa shape index (κ2) is 7.36. The number of aryl methyl sites for hydroxylation is 1. The Bertz CT molecular complexity index is 390. The number of carboxylic acids is 1. The molecular weight excluding hydrogens is 248 g/mol. The molecule has 5 heteroatoms. The molecule has 1 atom stereocenters. The summed E-state index contributed by atoms with van der Waals surface area (Å²) in [5, 5.41) is 13.2. The summed E-state index contributed by atoms with van der Waals surface area (Å²) in [7, 11) is 0. The van der Waals surface area contributed by atoms with Gasteiger partial charge in [-0.25, -0.2) is 4.79 Å². The lowest BCUT2D eigenvalue weighted by Crippen LogP contribution is -2.20. The summed E-state index contributed by atoms with van der Waals surface area (Å²) < 4.78 is 4.13. The molecule has 0 saturated heterocycles. The summed E-state index contributed by atoms with van der Waals surface area (Å²) in [6.45, 7) is 6.06. The molecule has 0 radical (unpaired) electrons. The Morgan fingerprint density at radius 3 is 2.67 bits per heavy atom. The predicted octanol–water partition coefficient (Wildman–Crippen LogP) is 3.92. The minimum absolute atomic E-state index is 0.331. The molecule has 2 N–H and O–H groups in total. The average Bonchev–Trinajstić information content (AvgIpc) is 2.67. The molecule has 18 heavy (non-hydrogen) atoms. The molecule has 1 heterocycles. The number of aromatic nitrogens is 1. The zero-order valence-electron chi connectivity index (χ0n) is 11.3. The molecular formula is C13H22N2O2S. The van der Waals surface area contributed by atoms with Crippen molar-refractivity contribution in [2.24, 2.45) is 0 Å². The molecule has 1 aromatic rings. The van der Waals surface area contributed by atoms with Gasteiger partial charge in [-0.2, -0.15) is 4.37 Å². The number of rotatable bonds is 8. The number of nitrogens with one attached hydrogen (secondary N) is 1. The molecule has 4 nitrogen and oxygen atoms in total. The minimum Gasteiger partial charge on any atom is -0.478 e. The van der Waals surface area contributed by atoms with E-state index in [1.54, 1.807) is 6.92 Å². The summed E-state index contributed by atoms with van der Waals surface area (Å²) in [5.41, 5.74) is 0.929. The Morgan fingerprint density at radius 1 is 1.39 bits per heavy atom. The smallest absolute Gasteiger partial charge is 0.340 e. The number of carboxylic acid groups (broad SMARTS) is 1. The molecule has 0 saturated carbocycles. The van der Waals surface area contributed by atoms with Gasteiger partial charge in [-0.15, -0.1) is 0 Å². The first-order valence-corrected chi connectivity index (χ1v) is 7.33. The molecule has 0 bridgehead atoms. The number of aromatic carboxylic acids is 1. The van der Waals surface area contributed by atoms with Gasteiger partial charge in [-0.05, 0) is 31.3 Å². The van der Waals surface area contributed by atoms with Crippen LogP contribution in [-0.2, 0) is 0 Å². The second-order valence-electron chi connectivity index (χ2n) is 4.55. The van der Waals surface area contributed by atoms with Gasteiger partial charge in [0.1, 0.15) is 10.6 Å². The summed E-state index contributed by atoms with van der Waals surface area (Å²) in [6, 6.07) is 0.355. The van der Waals surface area contributed by atoms with E-state index in [1.165, 1.54) is 11.5 Å². The van der Waals surface area contributed by atoms with Crippen LogP contribution in [0.2, 0.25) is 0 Å². The molecule has 102 valence electrons. The fourth-order valence-electron chi connectivity index (χ4n) is 1.99. The molecule has 0 aliphatic carbocycles. The SMILES string of the molecule is CCCCC(CCC)Nc1snc(C)c1C(=O)O. The van der Waals surface area contributed by atoms with E-state index in [9.17, 15) is 9.90 Å². The minimum atomic E-state index is -0.894. The first kappa shape index (κ1) is 15.0. The molecule has 0 fully saturated rings. The van der Waals surface area contributed by atoms with E-state index in [1.807, 2.05) is 0 Å². The van der Waals surface area contributed by atoms with E-state index in [-0.39, 0.29) is 0 Å². The Labute approximate surface area is 113 Å². The van der Waals surface area contributed by atoms with Gasteiger partial charge in [0.05, 0.1) is 5.69 Å². The van der Waals surface area contributed by atoms with E-state index in [4.69, 9.17) is 0 Å². The van der Waals surface area contributed by atoms with Gasteiger partial charge >= 0.3 is 5.97 Å². The van der Waals surface area contributed by atoms with E-state index in [0.29, 0.717) is 22.3 Å². The average molecular weight is 270 g/mol. The van der Waals surface area contributed by atoms with E-state index < -0.39 is 5.97 Å². The van der Waals surface area contributed by atoms with Crippen molar-refractivity contribution >= 4 is 22.5 Å². The summed E-state index contributed by atoms with van der Waals surface area (Å²) in [5.74, 6) is -0.894. The maximum Gasteiger partial charge on any atom is 0.340 e. The molecule has 0 aromatic carbocycles. The third kappa shape index (κ3) is 3.98. The largest absolute Gasteiger partial charge is 0.478 e. The Hall–Kier alpha value is -1.10. The fourth-order valence-corrected chi connectivity index (χ4v) is 2.86. The second-order valence-corrected chi connectivity index (χ2v) is 5.32. The Balaban J connectivity index is 2.76. The lowest BCUT2D eigenvalue weighted by molar-refractivity contribution is 0.0697. The number of hydrogen-bond donors (Lipinski definition) is 2. The van der Waals surface area contributed by atoms with Crippen LogP contribution < -0.4 is 5.32 Å². The van der Waals surface area contributed by atoms with Crippen LogP contribution in [0.4, 0.5) is 5.00 Å². The molecule has 0 aliphatic rings. The van der Waals surface area contributed by atoms with E-state index in [2.05, 4.69) is 23.5 Å². The third-order valence-corrected chi connectivity index (χ3v) is 3.82. The summed E-state index contributed by atoms with van der Waals surface area (Å²) >= 11 is 1.25. The van der Waals surface area contributed by atoms with Crippen LogP contribution in [-0.4, -0.2) is 21.5 Å². The van der Waals surface area contributed by atoms with Crippen molar-refractivity contribution in [1.29, 1.82) is 0 Å². The fraction of sp³-hybridized carbons (Fsp3) is 0.692. The molecule has 0 aliphatic heterocycles. The highest BCUT2D eigenvalue weighted by atomic mass is 32.1. The number of carbonyl (C=O) groups is 1. The van der Waals surface area contributed by atoms with Gasteiger partial charge in [0, 0.05) is 6.04 Å². The highest BCUT2D eigenvalue weighted by molar-refractivity contribution is 7.10. The van der Waals surface area contributed by atoms with Crippen LogP contribution in [0.5, 0.6) is 0 Å². The number of unbranched alkanes of at least 4 members (excludes halogenated alkanes) is 1. The van der Waals surface area contributed by atoms with Crippen molar-refractivity contribution in [3.05, 3.63) is 11.3 Å². The van der Waals surface area contributed by atoms with Crippen molar-refractivity contribution in [3.8, 4) is 0 Å². The first-order valence-electron chi connectivity index (χ1n) is 6.56. The monoisotopic (exact) mass is 270 g/mol. The summed E-state index contributed by atoms with van der Waals surface area (Å²) in [4.78, 5) is 11.2. The van der Waals surface area contributed by atoms with Crippen molar-refractivity contribution in [1.82, 2.24) is 4.37 Å². The molecule has 0 spiro atoms. The lowest BCUT2D eigenvalue weighted by Gasteiger charge is -2.18. The van der Waals surface area contributed by atoms with Crippen LogP contribution in [0, 0.1) is 6.92 Å². The van der Waals surface area contributed by atoms with Crippen LogP contribution >= 0.6 is 11.5 Å². The maximum atomic E-state index is 11.2. The van der Waals surface area contributed by atoms with Gasteiger partial charge < -0.3 is 10.4 Å². The van der Waals surface area contributed by atoms with Crippen LogP contribution in [0.3, 0.4) is 0 Å². The normalized spacial score (nSPS) is 12.4. The highest BCUT2D eigenvalue weighted by Gasteiger charge is 2.19. The first-order chi connectivity index (χ1) is 8.60. The number of anilines is 1. The van der Waals surface area contributed by atoms with Crippen molar-refractivity contribution < 1.29 is 9.90 Å². The van der Waals surface area contributed by atoms with Gasteiger partial charge in [0.15, 0.2) is 0 Å². The summed E-state index contributed by atoms with van der Waals surface area (Å²) in [6.07, 6.45) is 5.57. The third-order valence-electron chi connectivity index (χ3n) is 2.96. The van der Waals surface area contributed by atoms with Crippen molar-refractivity contribution in [2.75, 3.05) is 5.32 Å². The quantitative estimate of drug-likeness (QED) is 0.751. The maximum absolute atomic E-state index is 11.2. The van der Waals surface area contributed by atoms with Gasteiger partial charge in [-0.3, -0.25) is 0 Å². The topological polar surface area (TPSA) is 62.2 Å². The Morgan fingerprint density at radius 2 is 2.11 bits per heavy atom. The van der Waals surface area contributed by atoms with Crippen molar-refractivity contribution in [2.45, 2.75) is 58.9 Å². The number of hydrogen-bond acceptors (Lipinski definition) is 4. The Kier molecular flexibility index (Phi) is 6.12. The zero-order chi connectivity index (χ0) is 13.5. The molecule has 0 amide bonds. The van der Waals surface area contributed by atoms with Gasteiger partial charge in [-0.1, -0.05) is 33.1 Å². The standard InChI is InChI=1S/C13H22N2O2S/c1-4-6-8-10(7-5-2)14-12-11(13(16)17)9(3)15-18-12/h10,14H,4-8H2,1-3H3,(H,16,17). The lowest BCUT2D eigenvalue weighted by atomic mass is 10.1. The van der Waals surface area contributed by atoms with E-state index >= 15 is 0 Å². The molecule has 1 unspecified atom stereocenters. The van der Waals surface area contributed by atoms with Crippen LogP contribution in [0.15, 0.2) is 0 Å².